The summed E-state index contributed by atoms with van der Waals surface area (Å²) in [5.41, 5.74) is 0. The Balaban J connectivity index is 3.52. The molecule has 0 radical (unpaired) electrons. The Hall–Kier alpha value is -0.160. The zero-order chi connectivity index (χ0) is 8.85. The molecule has 0 saturated heterocycles. The molecule has 0 aliphatic carbocycles. The maximum Gasteiger partial charge on any atom is 0.178 e. The van der Waals surface area contributed by atoms with Crippen LogP contribution in [0, 0.1) is 0 Å². The van der Waals surface area contributed by atoms with Crippen LogP contribution in [0.5, 0.6) is 0 Å². The summed E-state index contributed by atoms with van der Waals surface area (Å²) >= 11 is 0. The first-order chi connectivity index (χ1) is 5.07. The molecule has 1 unspecified atom stereocenters. The number of hydrogen-bond acceptors (Lipinski definition) is 4. The SMILES string of the molecule is CCC(OC[C@H](C)O)C(O)O. The second-order valence-corrected chi connectivity index (χ2v) is 2.54. The van der Waals surface area contributed by atoms with Crippen molar-refractivity contribution in [3.63, 3.8) is 0 Å². The molecule has 0 fully saturated rings. The number of rotatable bonds is 5. The fourth-order valence-corrected chi connectivity index (χ4v) is 0.678. The predicted molar refractivity (Wildman–Crippen MR) is 39.9 cm³/mol. The summed E-state index contributed by atoms with van der Waals surface area (Å²) in [7, 11) is 0. The second-order valence-electron chi connectivity index (χ2n) is 2.54. The minimum atomic E-state index is -1.46. The molecule has 0 saturated carbocycles. The van der Waals surface area contributed by atoms with Gasteiger partial charge in [0.25, 0.3) is 0 Å². The van der Waals surface area contributed by atoms with E-state index >= 15 is 0 Å². The standard InChI is InChI=1S/C7H16O4/c1-3-6(7(9)10)11-4-5(2)8/h5-10H,3-4H2,1-2H3/t5-,6?/m0/s1. The third kappa shape index (κ3) is 5.15. The molecule has 3 N–H and O–H groups in total. The quantitative estimate of drug-likeness (QED) is 0.478. The molecule has 68 valence electrons. The Morgan fingerprint density at radius 3 is 2.09 bits per heavy atom. The van der Waals surface area contributed by atoms with Gasteiger partial charge in [-0.1, -0.05) is 6.92 Å². The lowest BCUT2D eigenvalue weighted by Crippen LogP contribution is -2.30. The summed E-state index contributed by atoms with van der Waals surface area (Å²) in [5, 5.41) is 26.1. The molecule has 0 aromatic carbocycles. The van der Waals surface area contributed by atoms with Crippen LogP contribution in [0.3, 0.4) is 0 Å². The fourth-order valence-electron chi connectivity index (χ4n) is 0.678. The summed E-state index contributed by atoms with van der Waals surface area (Å²) in [6.07, 6.45) is -2.10. The first-order valence-electron chi connectivity index (χ1n) is 3.73. The molecule has 0 aromatic rings. The van der Waals surface area contributed by atoms with Crippen molar-refractivity contribution in [2.45, 2.75) is 38.8 Å². The average molecular weight is 164 g/mol. The zero-order valence-electron chi connectivity index (χ0n) is 6.90. The zero-order valence-corrected chi connectivity index (χ0v) is 6.90. The van der Waals surface area contributed by atoms with Crippen molar-refractivity contribution in [2.75, 3.05) is 6.61 Å². The molecule has 11 heavy (non-hydrogen) atoms. The Kier molecular flexibility index (Phi) is 5.41. The van der Waals surface area contributed by atoms with E-state index in [9.17, 15) is 0 Å². The van der Waals surface area contributed by atoms with Crippen molar-refractivity contribution in [1.82, 2.24) is 0 Å². The molecule has 0 rings (SSSR count). The smallest absolute Gasteiger partial charge is 0.178 e. The summed E-state index contributed by atoms with van der Waals surface area (Å²) in [6.45, 7) is 3.50. The van der Waals surface area contributed by atoms with E-state index in [1.165, 1.54) is 0 Å². The van der Waals surface area contributed by atoms with E-state index in [1.807, 2.05) is 0 Å². The normalized spacial score (nSPS) is 16.9. The maximum absolute atomic E-state index is 8.79. The van der Waals surface area contributed by atoms with E-state index in [-0.39, 0.29) is 6.61 Å². The number of hydrogen-bond donors (Lipinski definition) is 3. The molecule has 0 aliphatic heterocycles. The summed E-state index contributed by atoms with van der Waals surface area (Å²) < 4.78 is 4.96. The van der Waals surface area contributed by atoms with Gasteiger partial charge in [-0.25, -0.2) is 0 Å². The van der Waals surface area contributed by atoms with Gasteiger partial charge >= 0.3 is 0 Å². The summed E-state index contributed by atoms with van der Waals surface area (Å²) in [6, 6.07) is 0. The Morgan fingerprint density at radius 1 is 1.27 bits per heavy atom. The number of aliphatic hydroxyl groups excluding tert-OH is 2. The molecule has 4 nitrogen and oxygen atoms in total. The van der Waals surface area contributed by atoms with E-state index in [1.54, 1.807) is 13.8 Å². The van der Waals surface area contributed by atoms with Crippen LogP contribution in [0.4, 0.5) is 0 Å². The van der Waals surface area contributed by atoms with Crippen LogP contribution in [0.15, 0.2) is 0 Å². The molecule has 0 aliphatic rings. The lowest BCUT2D eigenvalue weighted by molar-refractivity contribution is -0.154. The largest absolute Gasteiger partial charge is 0.391 e. The summed E-state index contributed by atoms with van der Waals surface area (Å²) in [4.78, 5) is 0. The highest BCUT2D eigenvalue weighted by molar-refractivity contribution is 4.57. The highest BCUT2D eigenvalue weighted by Crippen LogP contribution is 2.02. The van der Waals surface area contributed by atoms with Gasteiger partial charge in [0.15, 0.2) is 6.29 Å². The monoisotopic (exact) mass is 164 g/mol. The molecular weight excluding hydrogens is 148 g/mol. The van der Waals surface area contributed by atoms with E-state index in [2.05, 4.69) is 0 Å². The van der Waals surface area contributed by atoms with Gasteiger partial charge in [-0.15, -0.1) is 0 Å². The van der Waals surface area contributed by atoms with Crippen molar-refractivity contribution in [2.24, 2.45) is 0 Å². The Bertz CT molecular complexity index is 92.4. The van der Waals surface area contributed by atoms with Crippen LogP contribution in [0.25, 0.3) is 0 Å². The van der Waals surface area contributed by atoms with E-state index < -0.39 is 18.5 Å². The van der Waals surface area contributed by atoms with Crippen molar-refractivity contribution >= 4 is 0 Å². The van der Waals surface area contributed by atoms with Gasteiger partial charge in [0.2, 0.25) is 0 Å². The highest BCUT2D eigenvalue weighted by Gasteiger charge is 2.14. The van der Waals surface area contributed by atoms with Crippen LogP contribution < -0.4 is 0 Å². The molecule has 0 spiro atoms. The van der Waals surface area contributed by atoms with Crippen molar-refractivity contribution in [3.05, 3.63) is 0 Å². The van der Waals surface area contributed by atoms with Crippen LogP contribution in [-0.2, 0) is 4.74 Å². The second kappa shape index (κ2) is 5.49. The van der Waals surface area contributed by atoms with Crippen LogP contribution in [-0.4, -0.2) is 40.4 Å². The first-order valence-corrected chi connectivity index (χ1v) is 3.73. The minimum absolute atomic E-state index is 0.135. The number of aliphatic hydroxyl groups is 3. The third-order valence-corrected chi connectivity index (χ3v) is 1.29. The average Bonchev–Trinajstić information content (AvgIpc) is 1.87. The van der Waals surface area contributed by atoms with Gasteiger partial charge in [-0.2, -0.15) is 0 Å². The molecular formula is C7H16O4. The molecule has 0 amide bonds. The van der Waals surface area contributed by atoms with Crippen LogP contribution >= 0.6 is 0 Å². The summed E-state index contributed by atoms with van der Waals surface area (Å²) in [5.74, 6) is 0. The van der Waals surface area contributed by atoms with E-state index in [0.717, 1.165) is 0 Å². The molecule has 0 bridgehead atoms. The van der Waals surface area contributed by atoms with Crippen molar-refractivity contribution in [1.29, 1.82) is 0 Å². The van der Waals surface area contributed by atoms with Crippen molar-refractivity contribution < 1.29 is 20.1 Å². The van der Waals surface area contributed by atoms with Gasteiger partial charge in [0.1, 0.15) is 6.10 Å². The Labute approximate surface area is 66.4 Å². The molecule has 2 atom stereocenters. The van der Waals surface area contributed by atoms with Crippen molar-refractivity contribution in [3.8, 4) is 0 Å². The van der Waals surface area contributed by atoms with Crippen LogP contribution in [0.2, 0.25) is 0 Å². The van der Waals surface area contributed by atoms with Gasteiger partial charge in [0.05, 0.1) is 12.7 Å². The fraction of sp³-hybridized carbons (Fsp3) is 1.00. The minimum Gasteiger partial charge on any atom is -0.391 e. The first kappa shape index (κ1) is 10.8. The van der Waals surface area contributed by atoms with E-state index in [4.69, 9.17) is 20.1 Å². The maximum atomic E-state index is 8.79. The van der Waals surface area contributed by atoms with Crippen LogP contribution in [0.1, 0.15) is 20.3 Å². The molecule has 0 aromatic heterocycles. The van der Waals surface area contributed by atoms with Gasteiger partial charge in [0, 0.05) is 0 Å². The molecule has 4 heteroatoms. The van der Waals surface area contributed by atoms with Gasteiger partial charge < -0.3 is 20.1 Å². The lowest BCUT2D eigenvalue weighted by atomic mass is 10.2. The topological polar surface area (TPSA) is 69.9 Å². The van der Waals surface area contributed by atoms with Gasteiger partial charge in [-0.3, -0.25) is 0 Å². The van der Waals surface area contributed by atoms with E-state index in [0.29, 0.717) is 6.42 Å². The number of ether oxygens (including phenoxy) is 1. The Morgan fingerprint density at radius 2 is 1.82 bits per heavy atom. The third-order valence-electron chi connectivity index (χ3n) is 1.29. The lowest BCUT2D eigenvalue weighted by Gasteiger charge is -2.18. The molecule has 0 heterocycles. The van der Waals surface area contributed by atoms with Gasteiger partial charge in [-0.05, 0) is 13.3 Å². The predicted octanol–water partition coefficient (Wildman–Crippen LogP) is -0.527. The highest BCUT2D eigenvalue weighted by atomic mass is 16.6.